The van der Waals surface area contributed by atoms with Gasteiger partial charge in [0.15, 0.2) is 16.7 Å². The SMILES string of the molecule is CC(Oc1ccccc1-c1ccccc1)c1n[nH]c(=S)n1-c1ccccc1. The molecule has 0 saturated carbocycles. The molecule has 0 aliphatic carbocycles. The van der Waals surface area contributed by atoms with Gasteiger partial charge in [0.05, 0.1) is 0 Å². The average molecular weight is 373 g/mol. The predicted molar refractivity (Wildman–Crippen MR) is 110 cm³/mol. The first-order chi connectivity index (χ1) is 13.2. The van der Waals surface area contributed by atoms with Gasteiger partial charge in [-0.2, -0.15) is 5.10 Å². The topological polar surface area (TPSA) is 42.8 Å². The summed E-state index contributed by atoms with van der Waals surface area (Å²) >= 11 is 5.43. The van der Waals surface area contributed by atoms with Crippen LogP contribution >= 0.6 is 12.2 Å². The molecule has 0 aliphatic heterocycles. The maximum atomic E-state index is 6.31. The Morgan fingerprint density at radius 2 is 1.52 bits per heavy atom. The van der Waals surface area contributed by atoms with Gasteiger partial charge in [-0.3, -0.25) is 9.67 Å². The van der Waals surface area contributed by atoms with Crippen molar-refractivity contribution in [1.82, 2.24) is 14.8 Å². The van der Waals surface area contributed by atoms with Gasteiger partial charge in [-0.15, -0.1) is 0 Å². The highest BCUT2D eigenvalue weighted by Gasteiger charge is 2.18. The molecular formula is C22H19N3OS. The van der Waals surface area contributed by atoms with E-state index < -0.39 is 0 Å². The summed E-state index contributed by atoms with van der Waals surface area (Å²) < 4.78 is 8.76. The minimum Gasteiger partial charge on any atom is -0.482 e. The van der Waals surface area contributed by atoms with Gasteiger partial charge in [0.25, 0.3) is 0 Å². The fourth-order valence-electron chi connectivity index (χ4n) is 3.08. The molecule has 0 amide bonds. The number of rotatable bonds is 5. The van der Waals surface area contributed by atoms with E-state index in [1.807, 2.05) is 78.2 Å². The Bertz CT molecular complexity index is 1090. The molecule has 0 bridgehead atoms. The second-order valence-corrected chi connectivity index (χ2v) is 6.57. The van der Waals surface area contributed by atoms with Crippen molar-refractivity contribution in [3.8, 4) is 22.6 Å². The highest BCUT2D eigenvalue weighted by molar-refractivity contribution is 7.71. The smallest absolute Gasteiger partial charge is 0.199 e. The van der Waals surface area contributed by atoms with Crippen LogP contribution in [0.3, 0.4) is 0 Å². The molecule has 4 aromatic rings. The molecule has 0 saturated heterocycles. The van der Waals surface area contributed by atoms with Crippen LogP contribution in [0.2, 0.25) is 0 Å². The quantitative estimate of drug-likeness (QED) is 0.454. The second kappa shape index (κ2) is 7.60. The molecule has 0 spiro atoms. The van der Waals surface area contributed by atoms with Crippen LogP contribution in [0.4, 0.5) is 0 Å². The second-order valence-electron chi connectivity index (χ2n) is 6.18. The summed E-state index contributed by atoms with van der Waals surface area (Å²) in [4.78, 5) is 0. The summed E-state index contributed by atoms with van der Waals surface area (Å²) in [5, 5.41) is 7.30. The number of ether oxygens (including phenoxy) is 1. The van der Waals surface area contributed by atoms with E-state index >= 15 is 0 Å². The first kappa shape index (κ1) is 17.2. The van der Waals surface area contributed by atoms with Crippen molar-refractivity contribution < 1.29 is 4.74 Å². The molecule has 1 N–H and O–H groups in total. The van der Waals surface area contributed by atoms with Crippen molar-refractivity contribution in [2.75, 3.05) is 0 Å². The predicted octanol–water partition coefficient (Wildman–Crippen LogP) is 5.74. The van der Waals surface area contributed by atoms with Crippen LogP contribution in [0.25, 0.3) is 16.8 Å². The minimum absolute atomic E-state index is 0.289. The first-order valence-electron chi connectivity index (χ1n) is 8.78. The number of aromatic amines is 1. The normalized spacial score (nSPS) is 11.9. The molecule has 4 nitrogen and oxygen atoms in total. The van der Waals surface area contributed by atoms with Crippen LogP contribution in [0.5, 0.6) is 5.75 Å². The molecule has 0 aliphatic rings. The highest BCUT2D eigenvalue weighted by atomic mass is 32.1. The van der Waals surface area contributed by atoms with Gasteiger partial charge in [-0.25, -0.2) is 0 Å². The number of hydrogen-bond acceptors (Lipinski definition) is 3. The monoisotopic (exact) mass is 373 g/mol. The zero-order valence-corrected chi connectivity index (χ0v) is 15.7. The van der Waals surface area contributed by atoms with Crippen molar-refractivity contribution >= 4 is 12.2 Å². The molecular weight excluding hydrogens is 354 g/mol. The van der Waals surface area contributed by atoms with Gasteiger partial charge >= 0.3 is 0 Å². The van der Waals surface area contributed by atoms with Gasteiger partial charge in [-0.05, 0) is 42.9 Å². The average Bonchev–Trinajstić information content (AvgIpc) is 3.11. The molecule has 0 fully saturated rings. The standard InChI is InChI=1S/C22H19N3OS/c1-16(21-23-24-22(27)25(21)18-12-6-3-7-13-18)26-20-15-9-8-14-19(20)17-10-4-2-5-11-17/h2-16H,1H3,(H,24,27). The third-order valence-electron chi connectivity index (χ3n) is 4.35. The maximum Gasteiger partial charge on any atom is 0.199 e. The lowest BCUT2D eigenvalue weighted by molar-refractivity contribution is 0.215. The van der Waals surface area contributed by atoms with E-state index in [0.717, 1.165) is 28.4 Å². The fraction of sp³-hybridized carbons (Fsp3) is 0.0909. The number of aromatic nitrogens is 3. The Balaban J connectivity index is 1.69. The van der Waals surface area contributed by atoms with E-state index in [0.29, 0.717) is 4.77 Å². The van der Waals surface area contributed by atoms with Gasteiger partial charge in [0, 0.05) is 11.3 Å². The first-order valence-corrected chi connectivity index (χ1v) is 9.18. The summed E-state index contributed by atoms with van der Waals surface area (Å²) in [6.07, 6.45) is -0.289. The van der Waals surface area contributed by atoms with E-state index in [-0.39, 0.29) is 6.10 Å². The Morgan fingerprint density at radius 3 is 2.26 bits per heavy atom. The summed E-state index contributed by atoms with van der Waals surface area (Å²) in [6.45, 7) is 1.98. The highest BCUT2D eigenvalue weighted by Crippen LogP contribution is 2.32. The van der Waals surface area contributed by atoms with Gasteiger partial charge in [0.1, 0.15) is 5.75 Å². The number of H-pyrrole nitrogens is 1. The zero-order valence-electron chi connectivity index (χ0n) is 14.9. The summed E-state index contributed by atoms with van der Waals surface area (Å²) in [6, 6.07) is 28.2. The van der Waals surface area contributed by atoms with Gasteiger partial charge < -0.3 is 4.74 Å². The molecule has 1 aromatic heterocycles. The number of benzene rings is 3. The fourth-order valence-corrected chi connectivity index (χ4v) is 3.32. The number of nitrogens with zero attached hydrogens (tertiary/aromatic N) is 2. The Labute approximate surface area is 163 Å². The van der Waals surface area contributed by atoms with E-state index in [2.05, 4.69) is 28.4 Å². The third-order valence-corrected chi connectivity index (χ3v) is 4.63. The number of nitrogens with one attached hydrogen (secondary N) is 1. The molecule has 3 aromatic carbocycles. The van der Waals surface area contributed by atoms with Crippen LogP contribution in [0.1, 0.15) is 18.9 Å². The largest absolute Gasteiger partial charge is 0.482 e. The summed E-state index contributed by atoms with van der Waals surface area (Å²) in [5.74, 6) is 1.54. The molecule has 134 valence electrons. The van der Waals surface area contributed by atoms with Crippen molar-refractivity contribution in [3.05, 3.63) is 95.5 Å². The van der Waals surface area contributed by atoms with Crippen LogP contribution < -0.4 is 4.74 Å². The van der Waals surface area contributed by atoms with E-state index in [4.69, 9.17) is 17.0 Å². The third kappa shape index (κ3) is 3.55. The van der Waals surface area contributed by atoms with Gasteiger partial charge in [0.2, 0.25) is 0 Å². The van der Waals surface area contributed by atoms with Gasteiger partial charge in [-0.1, -0.05) is 66.7 Å². The zero-order chi connectivity index (χ0) is 18.6. The molecule has 1 unspecified atom stereocenters. The van der Waals surface area contributed by atoms with E-state index in [9.17, 15) is 0 Å². The lowest BCUT2D eigenvalue weighted by Crippen LogP contribution is -2.11. The lowest BCUT2D eigenvalue weighted by Gasteiger charge is -2.18. The van der Waals surface area contributed by atoms with Crippen molar-refractivity contribution in [3.63, 3.8) is 0 Å². The molecule has 1 atom stereocenters. The van der Waals surface area contributed by atoms with E-state index in [1.165, 1.54) is 0 Å². The summed E-state index contributed by atoms with van der Waals surface area (Å²) in [5.41, 5.74) is 3.12. The molecule has 5 heteroatoms. The number of hydrogen-bond donors (Lipinski definition) is 1. The van der Waals surface area contributed by atoms with Crippen LogP contribution in [-0.4, -0.2) is 14.8 Å². The minimum atomic E-state index is -0.289. The van der Waals surface area contributed by atoms with Crippen LogP contribution in [-0.2, 0) is 0 Å². The Hall–Kier alpha value is -3.18. The Kier molecular flexibility index (Phi) is 4.85. The number of para-hydroxylation sites is 2. The summed E-state index contributed by atoms with van der Waals surface area (Å²) in [7, 11) is 0. The van der Waals surface area contributed by atoms with E-state index in [1.54, 1.807) is 0 Å². The molecule has 27 heavy (non-hydrogen) atoms. The lowest BCUT2D eigenvalue weighted by atomic mass is 10.0. The Morgan fingerprint density at radius 1 is 0.889 bits per heavy atom. The van der Waals surface area contributed by atoms with Crippen LogP contribution in [0, 0.1) is 4.77 Å². The van der Waals surface area contributed by atoms with Crippen LogP contribution in [0.15, 0.2) is 84.9 Å². The van der Waals surface area contributed by atoms with Crippen molar-refractivity contribution in [2.45, 2.75) is 13.0 Å². The van der Waals surface area contributed by atoms with Crippen molar-refractivity contribution in [2.24, 2.45) is 0 Å². The van der Waals surface area contributed by atoms with Crippen molar-refractivity contribution in [1.29, 1.82) is 0 Å². The maximum absolute atomic E-state index is 6.31. The molecule has 4 rings (SSSR count). The molecule has 1 heterocycles. The molecule has 0 radical (unpaired) electrons.